The molecule has 3 aromatic heterocycles. The number of nitrogens with two attached hydrogens (primary N) is 1. The van der Waals surface area contributed by atoms with Crippen molar-refractivity contribution in [2.75, 3.05) is 17.2 Å². The maximum atomic E-state index is 13.0. The molecule has 0 aliphatic rings. The van der Waals surface area contributed by atoms with Crippen LogP contribution in [-0.4, -0.2) is 35.3 Å². The Kier molecular flexibility index (Phi) is 6.51. The molecule has 11 heteroatoms. The predicted octanol–water partition coefficient (Wildman–Crippen LogP) is 1.78. The quantitative estimate of drug-likeness (QED) is 0.392. The first-order chi connectivity index (χ1) is 16.6. The molecule has 186 valence electrons. The third-order valence-corrected chi connectivity index (χ3v) is 6.13. The second kappa shape index (κ2) is 9.40. The average Bonchev–Trinajstić information content (AvgIpc) is 3.22. The van der Waals surface area contributed by atoms with Crippen LogP contribution in [0.15, 0.2) is 32.6 Å². The Morgan fingerprint density at radius 3 is 2.60 bits per heavy atom. The first kappa shape index (κ1) is 24.2. The zero-order valence-electron chi connectivity index (χ0n) is 20.8. The normalized spacial score (nSPS) is 11.7. The number of aryl methyl sites for hydroxylation is 2. The summed E-state index contributed by atoms with van der Waals surface area (Å²) in [6, 6.07) is 5.66. The van der Waals surface area contributed by atoms with E-state index >= 15 is 0 Å². The fourth-order valence-electron chi connectivity index (χ4n) is 4.38. The number of aromatic nitrogens is 6. The highest BCUT2D eigenvalue weighted by atomic mass is 16.2. The molecule has 35 heavy (non-hydrogen) atoms. The Bertz CT molecular complexity index is 1570. The van der Waals surface area contributed by atoms with Crippen molar-refractivity contribution < 1.29 is 0 Å². The van der Waals surface area contributed by atoms with Crippen LogP contribution in [0, 0.1) is 12.8 Å². The van der Waals surface area contributed by atoms with Crippen molar-refractivity contribution in [1.29, 1.82) is 0 Å². The summed E-state index contributed by atoms with van der Waals surface area (Å²) in [6.45, 7) is 9.08. The van der Waals surface area contributed by atoms with Crippen LogP contribution < -0.4 is 27.4 Å². The average molecular weight is 481 g/mol. The molecule has 1 aromatic carbocycles. The SMILES string of the molecule is CCCCN(Cc1nnc2n(C)c(=O)c3cc(C)ccc3n12)c1c(N)n(CC(C)C)c(=O)[nH]c1=O. The Balaban J connectivity index is 1.91. The highest BCUT2D eigenvalue weighted by Gasteiger charge is 2.23. The molecule has 11 nitrogen and oxygen atoms in total. The van der Waals surface area contributed by atoms with Gasteiger partial charge in [0.1, 0.15) is 11.5 Å². The van der Waals surface area contributed by atoms with E-state index in [1.54, 1.807) is 7.05 Å². The van der Waals surface area contributed by atoms with Crippen molar-refractivity contribution in [2.24, 2.45) is 13.0 Å². The summed E-state index contributed by atoms with van der Waals surface area (Å²) >= 11 is 0. The lowest BCUT2D eigenvalue weighted by Crippen LogP contribution is -2.39. The number of nitrogens with one attached hydrogen (secondary N) is 1. The van der Waals surface area contributed by atoms with Crippen molar-refractivity contribution in [3.8, 4) is 0 Å². The molecular weight excluding hydrogens is 448 g/mol. The second-order valence-electron chi connectivity index (χ2n) is 9.41. The molecule has 0 amide bonds. The van der Waals surface area contributed by atoms with Crippen molar-refractivity contribution in [3.63, 3.8) is 0 Å². The van der Waals surface area contributed by atoms with E-state index in [1.165, 1.54) is 9.13 Å². The Hall–Kier alpha value is -3.89. The van der Waals surface area contributed by atoms with Crippen LogP contribution in [0.5, 0.6) is 0 Å². The van der Waals surface area contributed by atoms with Gasteiger partial charge in [0.05, 0.1) is 17.4 Å². The van der Waals surface area contributed by atoms with Crippen LogP contribution in [0.25, 0.3) is 16.7 Å². The van der Waals surface area contributed by atoms with E-state index in [-0.39, 0.29) is 29.5 Å². The van der Waals surface area contributed by atoms with E-state index in [1.807, 2.05) is 48.3 Å². The number of benzene rings is 1. The smallest absolute Gasteiger partial charge is 0.330 e. The topological polar surface area (TPSA) is 136 Å². The molecule has 0 aliphatic carbocycles. The van der Waals surface area contributed by atoms with Gasteiger partial charge in [-0.05, 0) is 31.4 Å². The molecule has 0 radical (unpaired) electrons. The van der Waals surface area contributed by atoms with Crippen LogP contribution in [0.3, 0.4) is 0 Å². The van der Waals surface area contributed by atoms with E-state index in [9.17, 15) is 14.4 Å². The summed E-state index contributed by atoms with van der Waals surface area (Å²) in [5.74, 6) is 1.25. The molecule has 0 unspecified atom stereocenters. The summed E-state index contributed by atoms with van der Waals surface area (Å²) < 4.78 is 4.71. The standard InChI is InChI=1S/C24H32N8O3/c1-6-7-10-30(19-20(25)31(12-14(2)3)24(35)26-21(19)33)13-18-27-28-23-29(5)22(34)16-11-15(4)8-9-17(16)32(18)23/h8-9,11,14H,6-7,10,12-13,25H2,1-5H3,(H,26,33,35). The number of unbranched alkanes of at least 4 members (excludes halogenated alkanes) is 1. The molecule has 0 fully saturated rings. The minimum absolute atomic E-state index is 0.130. The summed E-state index contributed by atoms with van der Waals surface area (Å²) in [5.41, 5.74) is 7.10. The van der Waals surface area contributed by atoms with Crippen LogP contribution >= 0.6 is 0 Å². The van der Waals surface area contributed by atoms with Gasteiger partial charge in [0.25, 0.3) is 11.1 Å². The number of hydrogen-bond acceptors (Lipinski definition) is 7. The van der Waals surface area contributed by atoms with Gasteiger partial charge < -0.3 is 10.6 Å². The van der Waals surface area contributed by atoms with Gasteiger partial charge in [-0.3, -0.25) is 28.1 Å². The summed E-state index contributed by atoms with van der Waals surface area (Å²) in [5, 5.41) is 9.21. The van der Waals surface area contributed by atoms with E-state index in [2.05, 4.69) is 22.1 Å². The number of nitrogen functional groups attached to an aromatic ring is 1. The minimum Gasteiger partial charge on any atom is -0.383 e. The fourth-order valence-corrected chi connectivity index (χ4v) is 4.38. The monoisotopic (exact) mass is 480 g/mol. The summed E-state index contributed by atoms with van der Waals surface area (Å²) in [6.07, 6.45) is 1.70. The van der Waals surface area contributed by atoms with Gasteiger partial charge in [0, 0.05) is 20.1 Å². The molecule has 3 heterocycles. The number of anilines is 2. The Morgan fingerprint density at radius 2 is 1.91 bits per heavy atom. The highest BCUT2D eigenvalue weighted by molar-refractivity contribution is 5.81. The lowest BCUT2D eigenvalue weighted by Gasteiger charge is -2.26. The van der Waals surface area contributed by atoms with Gasteiger partial charge >= 0.3 is 5.69 Å². The first-order valence-electron chi connectivity index (χ1n) is 11.8. The third kappa shape index (κ3) is 4.33. The van der Waals surface area contributed by atoms with Crippen molar-refractivity contribution >= 4 is 28.2 Å². The minimum atomic E-state index is -0.537. The number of H-pyrrole nitrogens is 1. The predicted molar refractivity (Wildman–Crippen MR) is 137 cm³/mol. The van der Waals surface area contributed by atoms with E-state index < -0.39 is 11.2 Å². The van der Waals surface area contributed by atoms with Crippen LogP contribution in [0.2, 0.25) is 0 Å². The maximum Gasteiger partial charge on any atom is 0.330 e. The number of fused-ring (bicyclic) bond motifs is 3. The van der Waals surface area contributed by atoms with Crippen LogP contribution in [0.1, 0.15) is 45.0 Å². The van der Waals surface area contributed by atoms with Gasteiger partial charge in [-0.25, -0.2) is 4.79 Å². The molecule has 0 saturated heterocycles. The Morgan fingerprint density at radius 1 is 1.17 bits per heavy atom. The molecule has 0 atom stereocenters. The number of aromatic amines is 1. The zero-order chi connectivity index (χ0) is 25.4. The summed E-state index contributed by atoms with van der Waals surface area (Å²) in [4.78, 5) is 42.6. The molecule has 0 aliphatic heterocycles. The molecule has 4 rings (SSSR count). The second-order valence-corrected chi connectivity index (χ2v) is 9.41. The molecule has 4 aromatic rings. The van der Waals surface area contributed by atoms with E-state index in [0.717, 1.165) is 18.4 Å². The number of rotatable bonds is 8. The molecular formula is C24H32N8O3. The van der Waals surface area contributed by atoms with Gasteiger partial charge in [-0.1, -0.05) is 38.8 Å². The third-order valence-electron chi connectivity index (χ3n) is 6.13. The molecule has 3 N–H and O–H groups in total. The number of nitrogens with zero attached hydrogens (tertiary/aromatic N) is 6. The maximum absolute atomic E-state index is 13.0. The van der Waals surface area contributed by atoms with Gasteiger partial charge in [-0.15, -0.1) is 10.2 Å². The first-order valence-corrected chi connectivity index (χ1v) is 11.8. The summed E-state index contributed by atoms with van der Waals surface area (Å²) in [7, 11) is 1.66. The Labute approximate surface area is 201 Å². The van der Waals surface area contributed by atoms with Crippen molar-refractivity contribution in [1.82, 2.24) is 28.7 Å². The van der Waals surface area contributed by atoms with E-state index in [0.29, 0.717) is 35.6 Å². The lowest BCUT2D eigenvalue weighted by atomic mass is 10.1. The zero-order valence-corrected chi connectivity index (χ0v) is 20.8. The molecule has 0 bridgehead atoms. The lowest BCUT2D eigenvalue weighted by molar-refractivity contribution is 0.506. The van der Waals surface area contributed by atoms with Gasteiger partial charge in [0.2, 0.25) is 5.78 Å². The van der Waals surface area contributed by atoms with Crippen LogP contribution in [-0.2, 0) is 20.1 Å². The highest BCUT2D eigenvalue weighted by Crippen LogP contribution is 2.22. The van der Waals surface area contributed by atoms with E-state index in [4.69, 9.17) is 5.73 Å². The largest absolute Gasteiger partial charge is 0.383 e. The van der Waals surface area contributed by atoms with Crippen molar-refractivity contribution in [2.45, 2.75) is 53.6 Å². The van der Waals surface area contributed by atoms with Crippen LogP contribution in [0.4, 0.5) is 11.5 Å². The molecule has 0 saturated carbocycles. The fraction of sp³-hybridized carbons (Fsp3) is 0.458. The van der Waals surface area contributed by atoms with Crippen molar-refractivity contribution in [3.05, 3.63) is 60.8 Å². The van der Waals surface area contributed by atoms with Gasteiger partial charge in [0.15, 0.2) is 5.82 Å². The van der Waals surface area contributed by atoms with Gasteiger partial charge in [-0.2, -0.15) is 0 Å². The number of hydrogen-bond donors (Lipinski definition) is 2. The molecule has 0 spiro atoms.